The first kappa shape index (κ1) is 18.8. The van der Waals surface area contributed by atoms with Crippen LogP contribution >= 0.6 is 11.8 Å². The molecule has 2 aliphatic rings. The maximum atomic E-state index is 12.9. The highest BCUT2D eigenvalue weighted by Gasteiger charge is 2.32. The summed E-state index contributed by atoms with van der Waals surface area (Å²) >= 11 is 1.45. The van der Waals surface area contributed by atoms with E-state index in [1.54, 1.807) is 4.90 Å². The molecule has 1 aliphatic heterocycles. The van der Waals surface area contributed by atoms with Crippen molar-refractivity contribution >= 4 is 29.3 Å². The zero-order valence-corrected chi connectivity index (χ0v) is 16.6. The van der Waals surface area contributed by atoms with Gasteiger partial charge < -0.3 is 9.80 Å². The van der Waals surface area contributed by atoms with Crippen LogP contribution in [-0.2, 0) is 4.79 Å². The molecule has 1 aromatic heterocycles. The van der Waals surface area contributed by atoms with E-state index in [4.69, 9.17) is 5.26 Å². The van der Waals surface area contributed by atoms with E-state index in [0.29, 0.717) is 19.0 Å². The van der Waals surface area contributed by atoms with E-state index in [1.807, 2.05) is 30.3 Å². The summed E-state index contributed by atoms with van der Waals surface area (Å²) in [4.78, 5) is 16.9. The summed E-state index contributed by atoms with van der Waals surface area (Å²) in [6.45, 7) is 2.46. The van der Waals surface area contributed by atoms with E-state index in [1.165, 1.54) is 24.6 Å². The van der Waals surface area contributed by atoms with Crippen molar-refractivity contribution in [2.24, 2.45) is 0 Å². The first-order chi connectivity index (χ1) is 13.8. The second-order valence-electron chi connectivity index (χ2n) is 7.16. The number of hydrogen-bond acceptors (Lipinski definition) is 6. The van der Waals surface area contributed by atoms with Crippen LogP contribution in [0, 0.1) is 11.3 Å². The number of rotatable bonds is 8. The molecule has 2 heterocycles. The van der Waals surface area contributed by atoms with E-state index in [-0.39, 0.29) is 11.7 Å². The maximum absolute atomic E-state index is 12.9. The van der Waals surface area contributed by atoms with Crippen molar-refractivity contribution in [3.05, 3.63) is 30.3 Å². The monoisotopic (exact) mass is 396 g/mol. The van der Waals surface area contributed by atoms with Crippen molar-refractivity contribution in [1.29, 1.82) is 5.26 Å². The van der Waals surface area contributed by atoms with Gasteiger partial charge in [-0.05, 0) is 37.8 Å². The standard InChI is InChI=1S/C20H24N6OS/c21-11-6-14-25(16-7-2-1-3-8-16)18(27)15-28-20-23-22-19(24-12-4-5-13-24)26(20)17-9-10-17/h1-3,7-8,17H,4-6,9-10,12-15H2. The molecule has 0 atom stereocenters. The fourth-order valence-electron chi connectivity index (χ4n) is 3.52. The number of benzene rings is 1. The summed E-state index contributed by atoms with van der Waals surface area (Å²) in [7, 11) is 0. The van der Waals surface area contributed by atoms with Gasteiger partial charge in [-0.3, -0.25) is 9.36 Å². The van der Waals surface area contributed by atoms with Crippen molar-refractivity contribution < 1.29 is 4.79 Å². The summed E-state index contributed by atoms with van der Waals surface area (Å²) in [5.41, 5.74) is 0.824. The van der Waals surface area contributed by atoms with Crippen LogP contribution in [-0.4, -0.2) is 46.1 Å². The Morgan fingerprint density at radius 2 is 1.96 bits per heavy atom. The summed E-state index contributed by atoms with van der Waals surface area (Å²) in [5, 5.41) is 18.6. The lowest BCUT2D eigenvalue weighted by atomic mass is 10.2. The molecule has 146 valence electrons. The number of nitrogens with zero attached hydrogens (tertiary/aromatic N) is 6. The summed E-state index contributed by atoms with van der Waals surface area (Å²) < 4.78 is 2.23. The molecule has 1 aromatic carbocycles. The van der Waals surface area contributed by atoms with Crippen LogP contribution in [0.3, 0.4) is 0 Å². The zero-order valence-electron chi connectivity index (χ0n) is 15.8. The molecule has 1 aliphatic carbocycles. The minimum Gasteiger partial charge on any atom is -0.341 e. The number of amides is 1. The number of thioether (sulfide) groups is 1. The SMILES string of the molecule is N#CCCN(C(=O)CSc1nnc(N2CCCC2)n1C1CC1)c1ccccc1. The highest BCUT2D eigenvalue weighted by atomic mass is 32.2. The summed E-state index contributed by atoms with van der Waals surface area (Å²) in [6.07, 6.45) is 5.01. The molecular weight excluding hydrogens is 372 g/mol. The smallest absolute Gasteiger partial charge is 0.237 e. The Morgan fingerprint density at radius 1 is 1.21 bits per heavy atom. The van der Waals surface area contributed by atoms with Crippen molar-refractivity contribution in [2.45, 2.75) is 43.3 Å². The molecule has 0 bridgehead atoms. The molecule has 1 saturated heterocycles. The Hall–Kier alpha value is -2.53. The fourth-order valence-corrected chi connectivity index (χ4v) is 4.40. The molecule has 4 rings (SSSR count). The van der Waals surface area contributed by atoms with Gasteiger partial charge in [0.2, 0.25) is 11.9 Å². The number of carbonyl (C=O) groups is 1. The fraction of sp³-hybridized carbons (Fsp3) is 0.500. The van der Waals surface area contributed by atoms with Gasteiger partial charge in [-0.15, -0.1) is 10.2 Å². The molecule has 1 amide bonds. The molecule has 1 saturated carbocycles. The first-order valence-corrected chi connectivity index (χ1v) is 10.8. The molecular formula is C20H24N6OS. The number of hydrogen-bond donors (Lipinski definition) is 0. The Balaban J connectivity index is 1.47. The van der Waals surface area contributed by atoms with Crippen LogP contribution in [0.5, 0.6) is 0 Å². The molecule has 8 heteroatoms. The van der Waals surface area contributed by atoms with Crippen LogP contribution in [0.15, 0.2) is 35.5 Å². The van der Waals surface area contributed by atoms with E-state index in [0.717, 1.165) is 42.7 Å². The quantitative estimate of drug-likeness (QED) is 0.638. The van der Waals surface area contributed by atoms with Gasteiger partial charge in [-0.25, -0.2) is 0 Å². The van der Waals surface area contributed by atoms with E-state index in [2.05, 4.69) is 25.7 Å². The number of carbonyl (C=O) groups excluding carboxylic acids is 1. The van der Waals surface area contributed by atoms with E-state index >= 15 is 0 Å². The first-order valence-electron chi connectivity index (χ1n) is 9.83. The van der Waals surface area contributed by atoms with Crippen LogP contribution in [0.2, 0.25) is 0 Å². The predicted molar refractivity (Wildman–Crippen MR) is 109 cm³/mol. The third-order valence-corrected chi connectivity index (χ3v) is 6.02. The van der Waals surface area contributed by atoms with Gasteiger partial charge in [-0.1, -0.05) is 30.0 Å². The Kier molecular flexibility index (Phi) is 5.81. The highest BCUT2D eigenvalue weighted by molar-refractivity contribution is 7.99. The Morgan fingerprint density at radius 3 is 2.64 bits per heavy atom. The number of nitriles is 1. The second kappa shape index (κ2) is 8.65. The molecule has 2 aromatic rings. The lowest BCUT2D eigenvalue weighted by molar-refractivity contribution is -0.116. The lowest BCUT2D eigenvalue weighted by Gasteiger charge is -2.22. The molecule has 0 N–H and O–H groups in total. The average Bonchev–Trinajstić information content (AvgIpc) is 3.25. The molecule has 7 nitrogen and oxygen atoms in total. The van der Waals surface area contributed by atoms with Crippen molar-refractivity contribution in [2.75, 3.05) is 35.2 Å². The normalized spacial score (nSPS) is 16.2. The number of aromatic nitrogens is 3. The predicted octanol–water partition coefficient (Wildman–Crippen LogP) is 3.25. The average molecular weight is 397 g/mol. The van der Waals surface area contributed by atoms with Gasteiger partial charge in [0, 0.05) is 31.4 Å². The summed E-state index contributed by atoms with van der Waals surface area (Å²) in [6, 6.07) is 12.1. The van der Waals surface area contributed by atoms with Crippen LogP contribution in [0.4, 0.5) is 11.6 Å². The third-order valence-electron chi connectivity index (χ3n) is 5.09. The van der Waals surface area contributed by atoms with Crippen molar-refractivity contribution in [3.63, 3.8) is 0 Å². The Labute approximate surface area is 169 Å². The molecule has 0 unspecified atom stereocenters. The molecule has 28 heavy (non-hydrogen) atoms. The Bertz CT molecular complexity index is 851. The van der Waals surface area contributed by atoms with Gasteiger partial charge in [0.15, 0.2) is 5.16 Å². The zero-order chi connectivity index (χ0) is 19.3. The van der Waals surface area contributed by atoms with Gasteiger partial charge in [0.1, 0.15) is 0 Å². The van der Waals surface area contributed by atoms with Crippen LogP contribution < -0.4 is 9.80 Å². The van der Waals surface area contributed by atoms with Gasteiger partial charge in [0.05, 0.1) is 18.2 Å². The number of anilines is 2. The van der Waals surface area contributed by atoms with Gasteiger partial charge in [0.25, 0.3) is 0 Å². The van der Waals surface area contributed by atoms with E-state index < -0.39 is 0 Å². The molecule has 0 spiro atoms. The maximum Gasteiger partial charge on any atom is 0.237 e. The second-order valence-corrected chi connectivity index (χ2v) is 8.10. The van der Waals surface area contributed by atoms with Crippen LogP contribution in [0.1, 0.15) is 38.1 Å². The van der Waals surface area contributed by atoms with Gasteiger partial charge in [-0.2, -0.15) is 5.26 Å². The van der Waals surface area contributed by atoms with Crippen molar-refractivity contribution in [3.8, 4) is 6.07 Å². The summed E-state index contributed by atoms with van der Waals surface area (Å²) in [5.74, 6) is 1.23. The lowest BCUT2D eigenvalue weighted by Crippen LogP contribution is -2.33. The minimum absolute atomic E-state index is 0.0143. The number of para-hydroxylation sites is 1. The highest BCUT2D eigenvalue weighted by Crippen LogP contribution is 2.41. The minimum atomic E-state index is -0.0143. The molecule has 2 fully saturated rings. The molecule has 0 radical (unpaired) electrons. The topological polar surface area (TPSA) is 78.0 Å². The third kappa shape index (κ3) is 4.14. The van der Waals surface area contributed by atoms with Gasteiger partial charge >= 0.3 is 0 Å². The van der Waals surface area contributed by atoms with Crippen molar-refractivity contribution in [1.82, 2.24) is 14.8 Å². The van der Waals surface area contributed by atoms with Crippen LogP contribution in [0.25, 0.3) is 0 Å². The largest absolute Gasteiger partial charge is 0.341 e. The van der Waals surface area contributed by atoms with E-state index in [9.17, 15) is 4.79 Å².